The number of esters is 1. The van der Waals surface area contributed by atoms with Crippen LogP contribution in [0.15, 0.2) is 54.6 Å². The van der Waals surface area contributed by atoms with Gasteiger partial charge in [0.1, 0.15) is 0 Å². The fourth-order valence-corrected chi connectivity index (χ4v) is 2.05. The molecule has 0 atom stereocenters. The van der Waals surface area contributed by atoms with Gasteiger partial charge in [0.15, 0.2) is 6.61 Å². The number of hydrogen-bond acceptors (Lipinski definition) is 3. The van der Waals surface area contributed by atoms with Gasteiger partial charge in [-0.1, -0.05) is 55.5 Å². The second-order valence-electron chi connectivity index (χ2n) is 4.84. The van der Waals surface area contributed by atoms with Gasteiger partial charge in [-0.25, -0.2) is 4.79 Å². The van der Waals surface area contributed by atoms with Crippen molar-refractivity contribution in [3.63, 3.8) is 0 Å². The Labute approximate surface area is 130 Å². The molecule has 4 heteroatoms. The molecule has 2 aromatic carbocycles. The van der Waals surface area contributed by atoms with Gasteiger partial charge in [0, 0.05) is 6.54 Å². The van der Waals surface area contributed by atoms with Crippen LogP contribution in [0.2, 0.25) is 0 Å². The highest BCUT2D eigenvalue weighted by atomic mass is 16.5. The third-order valence-electron chi connectivity index (χ3n) is 3.14. The molecule has 0 saturated carbocycles. The Kier molecular flexibility index (Phi) is 5.72. The second-order valence-corrected chi connectivity index (χ2v) is 4.84. The van der Waals surface area contributed by atoms with Crippen LogP contribution in [0, 0.1) is 0 Å². The Morgan fingerprint density at radius 1 is 1.00 bits per heavy atom. The van der Waals surface area contributed by atoms with E-state index >= 15 is 0 Å². The molecule has 1 N–H and O–H groups in total. The van der Waals surface area contributed by atoms with Crippen molar-refractivity contribution in [2.24, 2.45) is 0 Å². The number of benzene rings is 2. The van der Waals surface area contributed by atoms with E-state index in [-0.39, 0.29) is 12.5 Å². The number of carbonyl (C=O) groups excluding carboxylic acids is 2. The molecule has 4 nitrogen and oxygen atoms in total. The van der Waals surface area contributed by atoms with Crippen molar-refractivity contribution < 1.29 is 14.3 Å². The van der Waals surface area contributed by atoms with Crippen LogP contribution in [0.3, 0.4) is 0 Å². The molecule has 22 heavy (non-hydrogen) atoms. The van der Waals surface area contributed by atoms with Gasteiger partial charge in [0.2, 0.25) is 0 Å². The Bertz CT molecular complexity index is 638. The van der Waals surface area contributed by atoms with Crippen molar-refractivity contribution in [2.45, 2.75) is 13.3 Å². The van der Waals surface area contributed by atoms with E-state index in [1.54, 1.807) is 12.1 Å². The summed E-state index contributed by atoms with van der Waals surface area (Å²) in [6.45, 7) is 2.28. The van der Waals surface area contributed by atoms with E-state index in [9.17, 15) is 9.59 Å². The van der Waals surface area contributed by atoms with E-state index in [2.05, 4.69) is 5.32 Å². The summed E-state index contributed by atoms with van der Waals surface area (Å²) < 4.78 is 5.10. The molecule has 2 aromatic rings. The normalized spacial score (nSPS) is 10.0. The first-order chi connectivity index (χ1) is 10.7. The lowest BCUT2D eigenvalue weighted by Crippen LogP contribution is -2.29. The molecule has 0 aromatic heterocycles. The van der Waals surface area contributed by atoms with Crippen LogP contribution in [0.5, 0.6) is 0 Å². The number of amides is 1. The van der Waals surface area contributed by atoms with Gasteiger partial charge in [0.05, 0.1) is 5.56 Å². The zero-order chi connectivity index (χ0) is 15.8. The number of hydrogen-bond donors (Lipinski definition) is 1. The standard InChI is InChI=1S/C18H19NO3/c1-2-12-19-17(20)13-22-18(21)16-11-7-6-10-15(16)14-8-4-3-5-9-14/h3-11H,2,12-13H2,1H3,(H,19,20). The van der Waals surface area contributed by atoms with Crippen LogP contribution in [-0.2, 0) is 9.53 Å². The molecule has 0 saturated heterocycles. The smallest absolute Gasteiger partial charge is 0.339 e. The van der Waals surface area contributed by atoms with Gasteiger partial charge >= 0.3 is 5.97 Å². The third kappa shape index (κ3) is 4.19. The number of ether oxygens (including phenoxy) is 1. The number of carbonyl (C=O) groups is 2. The zero-order valence-corrected chi connectivity index (χ0v) is 12.5. The summed E-state index contributed by atoms with van der Waals surface area (Å²) in [7, 11) is 0. The molecular weight excluding hydrogens is 278 g/mol. The van der Waals surface area contributed by atoms with Gasteiger partial charge in [-0.3, -0.25) is 4.79 Å². The average Bonchev–Trinajstić information content (AvgIpc) is 2.58. The first kappa shape index (κ1) is 15.8. The largest absolute Gasteiger partial charge is 0.452 e. The predicted molar refractivity (Wildman–Crippen MR) is 85.5 cm³/mol. The van der Waals surface area contributed by atoms with E-state index < -0.39 is 5.97 Å². The van der Waals surface area contributed by atoms with Gasteiger partial charge in [0.25, 0.3) is 5.91 Å². The molecule has 2 rings (SSSR count). The van der Waals surface area contributed by atoms with Crippen LogP contribution in [0.4, 0.5) is 0 Å². The topological polar surface area (TPSA) is 55.4 Å². The summed E-state index contributed by atoms with van der Waals surface area (Å²) >= 11 is 0. The van der Waals surface area contributed by atoms with Crippen molar-refractivity contribution in [1.29, 1.82) is 0 Å². The maximum atomic E-state index is 12.2. The third-order valence-corrected chi connectivity index (χ3v) is 3.14. The SMILES string of the molecule is CCCNC(=O)COC(=O)c1ccccc1-c1ccccc1. The zero-order valence-electron chi connectivity index (χ0n) is 12.5. The fourth-order valence-electron chi connectivity index (χ4n) is 2.05. The van der Waals surface area contributed by atoms with Gasteiger partial charge in [-0.05, 0) is 23.6 Å². The summed E-state index contributed by atoms with van der Waals surface area (Å²) in [5.74, 6) is -0.779. The van der Waals surface area contributed by atoms with E-state index in [0.29, 0.717) is 12.1 Å². The average molecular weight is 297 g/mol. The van der Waals surface area contributed by atoms with Crippen LogP contribution in [0.25, 0.3) is 11.1 Å². The van der Waals surface area contributed by atoms with E-state index in [0.717, 1.165) is 17.5 Å². The van der Waals surface area contributed by atoms with Gasteiger partial charge in [-0.2, -0.15) is 0 Å². The van der Waals surface area contributed by atoms with Crippen LogP contribution < -0.4 is 5.32 Å². The highest BCUT2D eigenvalue weighted by molar-refractivity contribution is 5.98. The monoisotopic (exact) mass is 297 g/mol. The van der Waals surface area contributed by atoms with Crippen molar-refractivity contribution in [1.82, 2.24) is 5.32 Å². The minimum atomic E-state index is -0.494. The van der Waals surface area contributed by atoms with Crippen LogP contribution in [-0.4, -0.2) is 25.0 Å². The molecule has 0 aliphatic heterocycles. The summed E-state index contributed by atoms with van der Waals surface area (Å²) in [6.07, 6.45) is 0.844. The summed E-state index contributed by atoms with van der Waals surface area (Å²) in [6, 6.07) is 16.8. The van der Waals surface area contributed by atoms with Crippen LogP contribution in [0.1, 0.15) is 23.7 Å². The number of nitrogens with one attached hydrogen (secondary N) is 1. The lowest BCUT2D eigenvalue weighted by molar-refractivity contribution is -0.124. The van der Waals surface area contributed by atoms with Crippen molar-refractivity contribution in [3.05, 3.63) is 60.2 Å². The first-order valence-electron chi connectivity index (χ1n) is 7.30. The lowest BCUT2D eigenvalue weighted by atomic mass is 10.00. The molecule has 0 heterocycles. The van der Waals surface area contributed by atoms with Gasteiger partial charge < -0.3 is 10.1 Å². The molecule has 0 aliphatic rings. The van der Waals surface area contributed by atoms with Crippen molar-refractivity contribution >= 4 is 11.9 Å². The van der Waals surface area contributed by atoms with E-state index in [1.807, 2.05) is 49.4 Å². The Balaban J connectivity index is 2.09. The molecule has 1 amide bonds. The first-order valence-corrected chi connectivity index (χ1v) is 7.30. The molecule has 0 spiro atoms. The van der Waals surface area contributed by atoms with Crippen LogP contribution >= 0.6 is 0 Å². The molecule has 0 unspecified atom stereocenters. The van der Waals surface area contributed by atoms with Crippen molar-refractivity contribution in [3.8, 4) is 11.1 Å². The Morgan fingerprint density at radius 3 is 2.41 bits per heavy atom. The summed E-state index contributed by atoms with van der Waals surface area (Å²) in [5.41, 5.74) is 2.18. The second kappa shape index (κ2) is 7.98. The molecule has 0 fully saturated rings. The molecule has 0 radical (unpaired) electrons. The quantitative estimate of drug-likeness (QED) is 0.834. The molecule has 0 bridgehead atoms. The molecule has 114 valence electrons. The highest BCUT2D eigenvalue weighted by Gasteiger charge is 2.14. The highest BCUT2D eigenvalue weighted by Crippen LogP contribution is 2.23. The molecular formula is C18H19NO3. The lowest BCUT2D eigenvalue weighted by Gasteiger charge is -2.10. The Hall–Kier alpha value is -2.62. The maximum absolute atomic E-state index is 12.2. The Morgan fingerprint density at radius 2 is 1.68 bits per heavy atom. The van der Waals surface area contributed by atoms with E-state index in [1.165, 1.54) is 0 Å². The van der Waals surface area contributed by atoms with E-state index in [4.69, 9.17) is 4.74 Å². The maximum Gasteiger partial charge on any atom is 0.339 e. The number of rotatable bonds is 6. The van der Waals surface area contributed by atoms with Gasteiger partial charge in [-0.15, -0.1) is 0 Å². The minimum absolute atomic E-state index is 0.262. The fraction of sp³-hybridized carbons (Fsp3) is 0.222. The predicted octanol–water partition coefficient (Wildman–Crippen LogP) is 3.04. The van der Waals surface area contributed by atoms with Crippen molar-refractivity contribution in [2.75, 3.05) is 13.2 Å². The summed E-state index contributed by atoms with van der Waals surface area (Å²) in [4.78, 5) is 23.7. The molecule has 0 aliphatic carbocycles. The minimum Gasteiger partial charge on any atom is -0.452 e. The summed E-state index contributed by atoms with van der Waals surface area (Å²) in [5, 5.41) is 2.67.